The van der Waals surface area contributed by atoms with Crippen LogP contribution in [-0.2, 0) is 11.3 Å². The molecular formula is C24H26N6O5. The van der Waals surface area contributed by atoms with E-state index in [-0.39, 0.29) is 17.2 Å². The molecule has 11 heteroatoms. The predicted molar refractivity (Wildman–Crippen MR) is 129 cm³/mol. The number of carbonyl (C=O) groups is 1. The molecular weight excluding hydrogens is 452 g/mol. The number of ether oxygens (including phenoxy) is 1. The zero-order valence-corrected chi connectivity index (χ0v) is 19.2. The van der Waals surface area contributed by atoms with E-state index in [0.717, 1.165) is 0 Å². The lowest BCUT2D eigenvalue weighted by Crippen LogP contribution is -2.48. The molecule has 0 bridgehead atoms. The Balaban J connectivity index is 1.25. The number of fused-ring (bicyclic) bond motifs is 1. The lowest BCUT2D eigenvalue weighted by molar-refractivity contribution is -0.384. The van der Waals surface area contributed by atoms with E-state index >= 15 is 0 Å². The number of nitro benzene ring substituents is 1. The number of hydrogen-bond acceptors (Lipinski definition) is 8. The number of pyridine rings is 1. The summed E-state index contributed by atoms with van der Waals surface area (Å²) in [5, 5.41) is 11.7. The average Bonchev–Trinajstić information content (AvgIpc) is 2.89. The molecule has 35 heavy (non-hydrogen) atoms. The van der Waals surface area contributed by atoms with Crippen LogP contribution in [0, 0.1) is 10.1 Å². The summed E-state index contributed by atoms with van der Waals surface area (Å²) in [6.45, 7) is 4.93. The fraction of sp³-hybridized carbons (Fsp3) is 0.375. The largest absolute Gasteiger partial charge is 0.378 e. The molecule has 1 amide bonds. The van der Waals surface area contributed by atoms with Gasteiger partial charge in [0.05, 0.1) is 23.8 Å². The summed E-state index contributed by atoms with van der Waals surface area (Å²) in [6, 6.07) is 11.7. The smallest absolute Gasteiger partial charge is 0.293 e. The lowest BCUT2D eigenvalue weighted by atomic mass is 10.1. The predicted octanol–water partition coefficient (Wildman–Crippen LogP) is 1.40. The maximum atomic E-state index is 13.1. The molecule has 0 N–H and O–H groups in total. The maximum absolute atomic E-state index is 13.1. The van der Waals surface area contributed by atoms with Gasteiger partial charge in [0.15, 0.2) is 0 Å². The number of benzene rings is 1. The molecule has 1 aromatic carbocycles. The Labute approximate surface area is 201 Å². The highest BCUT2D eigenvalue weighted by molar-refractivity contribution is 5.96. The Bertz CT molecular complexity index is 1310. The molecule has 0 atom stereocenters. The van der Waals surface area contributed by atoms with Gasteiger partial charge in [-0.05, 0) is 24.3 Å². The highest BCUT2D eigenvalue weighted by Gasteiger charge is 2.27. The van der Waals surface area contributed by atoms with Crippen LogP contribution >= 0.6 is 0 Å². The number of amides is 1. The molecule has 182 valence electrons. The van der Waals surface area contributed by atoms with Gasteiger partial charge in [-0.2, -0.15) is 0 Å². The number of aromatic nitrogens is 2. The third kappa shape index (κ3) is 4.86. The van der Waals surface area contributed by atoms with E-state index in [1.54, 1.807) is 41.4 Å². The van der Waals surface area contributed by atoms with Crippen LogP contribution in [0.3, 0.4) is 0 Å². The molecule has 3 aromatic rings. The third-order valence-electron chi connectivity index (χ3n) is 6.44. The van der Waals surface area contributed by atoms with Crippen molar-refractivity contribution in [1.82, 2.24) is 19.2 Å². The first-order valence-electron chi connectivity index (χ1n) is 11.6. The Morgan fingerprint density at radius 3 is 2.54 bits per heavy atom. The van der Waals surface area contributed by atoms with Gasteiger partial charge < -0.3 is 14.5 Å². The van der Waals surface area contributed by atoms with Gasteiger partial charge in [-0.3, -0.25) is 29.0 Å². The van der Waals surface area contributed by atoms with Crippen LogP contribution in [0.2, 0.25) is 0 Å². The van der Waals surface area contributed by atoms with E-state index in [4.69, 9.17) is 4.74 Å². The van der Waals surface area contributed by atoms with E-state index < -0.39 is 4.92 Å². The van der Waals surface area contributed by atoms with Crippen LogP contribution in [-0.4, -0.2) is 82.5 Å². The van der Waals surface area contributed by atoms with Crippen LogP contribution in [0.1, 0.15) is 16.1 Å². The second kappa shape index (κ2) is 9.80. The number of hydrogen-bond donors (Lipinski definition) is 0. The van der Waals surface area contributed by atoms with E-state index in [1.807, 2.05) is 11.0 Å². The van der Waals surface area contributed by atoms with Crippen LogP contribution in [0.15, 0.2) is 53.5 Å². The van der Waals surface area contributed by atoms with Crippen LogP contribution in [0.25, 0.3) is 5.65 Å². The van der Waals surface area contributed by atoms with E-state index in [0.29, 0.717) is 81.6 Å². The number of carbonyl (C=O) groups excluding carboxylic acids is 1. The number of morpholine rings is 1. The van der Waals surface area contributed by atoms with Crippen molar-refractivity contribution in [2.45, 2.75) is 6.54 Å². The molecule has 2 fully saturated rings. The molecule has 2 aliphatic heterocycles. The number of piperazine rings is 1. The van der Waals surface area contributed by atoms with Crippen molar-refractivity contribution >= 4 is 22.9 Å². The van der Waals surface area contributed by atoms with Crippen molar-refractivity contribution in [3.8, 4) is 0 Å². The summed E-state index contributed by atoms with van der Waals surface area (Å²) in [6.07, 6.45) is 1.69. The third-order valence-corrected chi connectivity index (χ3v) is 6.44. The molecule has 0 spiro atoms. The van der Waals surface area contributed by atoms with Gasteiger partial charge in [0.1, 0.15) is 11.3 Å². The molecule has 0 radical (unpaired) electrons. The summed E-state index contributed by atoms with van der Waals surface area (Å²) in [5.41, 5.74) is 1.93. The van der Waals surface area contributed by atoms with Crippen molar-refractivity contribution < 1.29 is 14.5 Å². The van der Waals surface area contributed by atoms with Crippen molar-refractivity contribution in [2.75, 3.05) is 57.4 Å². The molecule has 4 heterocycles. The van der Waals surface area contributed by atoms with Gasteiger partial charge in [0.2, 0.25) is 0 Å². The zero-order chi connectivity index (χ0) is 24.4. The highest BCUT2D eigenvalue weighted by atomic mass is 16.6. The molecule has 2 aromatic heterocycles. The Kier molecular flexibility index (Phi) is 6.43. The SMILES string of the molecule is O=C(c1ccc(N2CCOCC2)c([N+](=O)[O-])c1)N1CCN(Cc2cc(=O)n3ccccc3n2)CC1. The van der Waals surface area contributed by atoms with Gasteiger partial charge in [-0.15, -0.1) is 0 Å². The fourth-order valence-corrected chi connectivity index (χ4v) is 4.58. The fourth-order valence-electron chi connectivity index (χ4n) is 4.58. The molecule has 0 unspecified atom stereocenters. The minimum atomic E-state index is -0.432. The monoisotopic (exact) mass is 478 g/mol. The zero-order valence-electron chi connectivity index (χ0n) is 19.2. The van der Waals surface area contributed by atoms with Crippen LogP contribution in [0.4, 0.5) is 11.4 Å². The Hall–Kier alpha value is -3.83. The van der Waals surface area contributed by atoms with E-state index in [2.05, 4.69) is 9.88 Å². The number of nitro groups is 1. The van der Waals surface area contributed by atoms with Crippen LogP contribution < -0.4 is 10.5 Å². The number of anilines is 1. The lowest BCUT2D eigenvalue weighted by Gasteiger charge is -2.34. The molecule has 0 aliphatic carbocycles. The number of rotatable bonds is 5. The molecule has 2 saturated heterocycles. The van der Waals surface area contributed by atoms with Crippen molar-refractivity contribution in [2.24, 2.45) is 0 Å². The molecule has 11 nitrogen and oxygen atoms in total. The minimum absolute atomic E-state index is 0.0648. The van der Waals surface area contributed by atoms with Gasteiger partial charge in [-0.25, -0.2) is 4.98 Å². The average molecular weight is 479 g/mol. The second-order valence-electron chi connectivity index (χ2n) is 8.64. The first-order valence-corrected chi connectivity index (χ1v) is 11.6. The van der Waals surface area contributed by atoms with E-state index in [1.165, 1.54) is 10.5 Å². The van der Waals surface area contributed by atoms with Crippen molar-refractivity contribution in [3.05, 3.63) is 80.4 Å². The molecule has 0 saturated carbocycles. The summed E-state index contributed by atoms with van der Waals surface area (Å²) in [4.78, 5) is 47.1. The van der Waals surface area contributed by atoms with Gasteiger partial charge in [0.25, 0.3) is 17.2 Å². The normalized spacial score (nSPS) is 17.0. The van der Waals surface area contributed by atoms with Gasteiger partial charge in [0, 0.05) is 69.7 Å². The first kappa shape index (κ1) is 22.9. The molecule has 5 rings (SSSR count). The summed E-state index contributed by atoms with van der Waals surface area (Å²) >= 11 is 0. The minimum Gasteiger partial charge on any atom is -0.378 e. The summed E-state index contributed by atoms with van der Waals surface area (Å²) in [7, 11) is 0. The highest BCUT2D eigenvalue weighted by Crippen LogP contribution is 2.30. The number of nitrogens with zero attached hydrogens (tertiary/aromatic N) is 6. The van der Waals surface area contributed by atoms with Gasteiger partial charge in [-0.1, -0.05) is 6.07 Å². The van der Waals surface area contributed by atoms with Crippen molar-refractivity contribution in [3.63, 3.8) is 0 Å². The quantitative estimate of drug-likeness (QED) is 0.399. The molecule has 2 aliphatic rings. The standard InChI is InChI=1S/C24H26N6O5/c31-23-16-19(25-22-3-1-2-6-29(22)23)17-26-7-9-28(10-8-26)24(32)18-4-5-20(21(15-18)30(33)34)27-11-13-35-14-12-27/h1-6,15-16H,7-14,17H2. The van der Waals surface area contributed by atoms with E-state index in [9.17, 15) is 19.7 Å². The maximum Gasteiger partial charge on any atom is 0.293 e. The first-order chi connectivity index (χ1) is 17.0. The summed E-state index contributed by atoms with van der Waals surface area (Å²) < 4.78 is 6.84. The Morgan fingerprint density at radius 2 is 1.80 bits per heavy atom. The second-order valence-corrected chi connectivity index (χ2v) is 8.64. The topological polar surface area (TPSA) is 114 Å². The van der Waals surface area contributed by atoms with Crippen molar-refractivity contribution in [1.29, 1.82) is 0 Å². The van der Waals surface area contributed by atoms with Gasteiger partial charge >= 0.3 is 0 Å². The van der Waals surface area contributed by atoms with Crippen LogP contribution in [0.5, 0.6) is 0 Å². The summed E-state index contributed by atoms with van der Waals surface area (Å²) in [5.74, 6) is -0.219. The Morgan fingerprint density at radius 1 is 1.03 bits per heavy atom.